The van der Waals surface area contributed by atoms with E-state index in [1.54, 1.807) is 0 Å². The Morgan fingerprint density at radius 1 is 1.18 bits per heavy atom. The van der Waals surface area contributed by atoms with Gasteiger partial charge < -0.3 is 15.2 Å². The van der Waals surface area contributed by atoms with Crippen molar-refractivity contribution < 1.29 is 4.79 Å². The maximum Gasteiger partial charge on any atom is 0.315 e. The molecule has 0 saturated heterocycles. The van der Waals surface area contributed by atoms with Crippen LogP contribution in [0.2, 0.25) is 0 Å². The van der Waals surface area contributed by atoms with Gasteiger partial charge in [0.05, 0.1) is 6.04 Å². The molecule has 2 amide bonds. The maximum absolute atomic E-state index is 12.3. The molecule has 3 rings (SSSR count). The smallest absolute Gasteiger partial charge is 0.315 e. The van der Waals surface area contributed by atoms with E-state index in [0.717, 1.165) is 43.9 Å². The van der Waals surface area contributed by atoms with Crippen molar-refractivity contribution in [3.05, 3.63) is 11.6 Å². The Morgan fingerprint density at radius 3 is 2.68 bits per heavy atom. The summed E-state index contributed by atoms with van der Waals surface area (Å²) in [6.45, 7) is 5.19. The second-order valence-electron chi connectivity index (χ2n) is 6.90. The normalized spacial score (nSPS) is 20.0. The first-order valence-corrected chi connectivity index (χ1v) is 8.64. The first-order valence-electron chi connectivity index (χ1n) is 8.64. The van der Waals surface area contributed by atoms with Gasteiger partial charge in [-0.2, -0.15) is 0 Å². The van der Waals surface area contributed by atoms with Crippen molar-refractivity contribution in [2.45, 2.75) is 77.4 Å². The molecule has 1 aromatic rings. The number of amides is 2. The molecular weight excluding hydrogens is 278 g/mol. The van der Waals surface area contributed by atoms with E-state index in [1.807, 2.05) is 0 Å². The van der Waals surface area contributed by atoms with Crippen LogP contribution in [0.15, 0.2) is 0 Å². The van der Waals surface area contributed by atoms with Gasteiger partial charge in [-0.3, -0.25) is 0 Å². The minimum Gasteiger partial charge on any atom is -0.335 e. The zero-order valence-electron chi connectivity index (χ0n) is 13.6. The number of hydrogen-bond acceptors (Lipinski definition) is 3. The summed E-state index contributed by atoms with van der Waals surface area (Å²) in [6.07, 6.45) is 8.04. The zero-order chi connectivity index (χ0) is 15.5. The van der Waals surface area contributed by atoms with Gasteiger partial charge in [-0.1, -0.05) is 33.1 Å². The van der Waals surface area contributed by atoms with Gasteiger partial charge >= 0.3 is 6.03 Å². The Labute approximate surface area is 132 Å². The van der Waals surface area contributed by atoms with Gasteiger partial charge in [0.15, 0.2) is 5.82 Å². The third-order valence-electron chi connectivity index (χ3n) is 4.81. The molecule has 1 aromatic heterocycles. The number of hydrogen-bond donors (Lipinski definition) is 2. The summed E-state index contributed by atoms with van der Waals surface area (Å²) in [5.74, 6) is 2.24. The van der Waals surface area contributed by atoms with Gasteiger partial charge in [0.25, 0.3) is 0 Å². The van der Waals surface area contributed by atoms with Gasteiger partial charge in [0.2, 0.25) is 0 Å². The highest BCUT2D eigenvalue weighted by atomic mass is 16.2. The van der Waals surface area contributed by atoms with Crippen molar-refractivity contribution in [2.75, 3.05) is 0 Å². The highest BCUT2D eigenvalue weighted by Gasteiger charge is 2.28. The van der Waals surface area contributed by atoms with Crippen LogP contribution in [-0.2, 0) is 13.0 Å². The molecule has 1 fully saturated rings. The predicted octanol–water partition coefficient (Wildman–Crippen LogP) is 2.55. The summed E-state index contributed by atoms with van der Waals surface area (Å²) in [5.41, 5.74) is 0. The van der Waals surface area contributed by atoms with Gasteiger partial charge in [-0.15, -0.1) is 10.2 Å². The van der Waals surface area contributed by atoms with E-state index in [1.165, 1.54) is 19.3 Å². The van der Waals surface area contributed by atoms with E-state index < -0.39 is 0 Å². The fraction of sp³-hybridized carbons (Fsp3) is 0.812. The Hall–Kier alpha value is -1.59. The molecule has 1 aliphatic carbocycles. The monoisotopic (exact) mass is 305 g/mol. The second-order valence-corrected chi connectivity index (χ2v) is 6.90. The minimum absolute atomic E-state index is 0.0686. The highest BCUT2D eigenvalue weighted by molar-refractivity contribution is 5.74. The van der Waals surface area contributed by atoms with E-state index >= 15 is 0 Å². The number of rotatable bonds is 4. The number of carbonyl (C=O) groups excluding carboxylic acids is 1. The molecular formula is C16H27N5O. The molecule has 22 heavy (non-hydrogen) atoms. The molecule has 2 N–H and O–H groups in total. The number of carbonyl (C=O) groups is 1. The molecule has 0 radical (unpaired) electrons. The van der Waals surface area contributed by atoms with Gasteiger partial charge in [-0.25, -0.2) is 4.79 Å². The van der Waals surface area contributed by atoms with Crippen LogP contribution in [0.5, 0.6) is 0 Å². The van der Waals surface area contributed by atoms with Crippen molar-refractivity contribution in [1.29, 1.82) is 0 Å². The Kier molecular flexibility index (Phi) is 4.64. The van der Waals surface area contributed by atoms with E-state index in [-0.39, 0.29) is 18.0 Å². The van der Waals surface area contributed by atoms with Crippen LogP contribution >= 0.6 is 0 Å². The number of aromatic nitrogens is 3. The van der Waals surface area contributed by atoms with Crippen LogP contribution in [-0.4, -0.2) is 26.8 Å². The van der Waals surface area contributed by atoms with E-state index in [0.29, 0.717) is 6.04 Å². The fourth-order valence-corrected chi connectivity index (χ4v) is 3.55. The number of urea groups is 1. The Morgan fingerprint density at radius 2 is 1.95 bits per heavy atom. The van der Waals surface area contributed by atoms with Crippen LogP contribution in [0.4, 0.5) is 4.79 Å². The van der Waals surface area contributed by atoms with E-state index in [2.05, 4.69) is 39.2 Å². The topological polar surface area (TPSA) is 71.8 Å². The summed E-state index contributed by atoms with van der Waals surface area (Å²) in [6, 6.07) is 0.176. The molecule has 2 heterocycles. The van der Waals surface area contributed by atoms with E-state index in [9.17, 15) is 4.79 Å². The Bertz CT molecular complexity index is 519. The standard InChI is InChI=1S/C16H27N5O/c1-11(2)14(15-20-19-13-9-6-10-21(13)15)18-16(22)17-12-7-4-3-5-8-12/h11-12,14H,3-10H2,1-2H3,(H2,17,18,22)/t14-/m1/s1. The summed E-state index contributed by atoms with van der Waals surface area (Å²) in [4.78, 5) is 12.3. The highest BCUT2D eigenvalue weighted by Crippen LogP contribution is 2.24. The van der Waals surface area contributed by atoms with Crippen molar-refractivity contribution in [2.24, 2.45) is 5.92 Å². The predicted molar refractivity (Wildman–Crippen MR) is 84.5 cm³/mol. The minimum atomic E-state index is -0.0806. The van der Waals surface area contributed by atoms with Crippen LogP contribution in [0.1, 0.15) is 70.1 Å². The van der Waals surface area contributed by atoms with Gasteiger partial charge in [-0.05, 0) is 25.2 Å². The van der Waals surface area contributed by atoms with E-state index in [4.69, 9.17) is 0 Å². The third kappa shape index (κ3) is 3.25. The zero-order valence-corrected chi connectivity index (χ0v) is 13.6. The summed E-state index contributed by atoms with van der Waals surface area (Å²) >= 11 is 0. The molecule has 1 atom stereocenters. The van der Waals surface area contributed by atoms with Crippen LogP contribution in [0.25, 0.3) is 0 Å². The quantitative estimate of drug-likeness (QED) is 0.898. The third-order valence-corrected chi connectivity index (χ3v) is 4.81. The van der Waals surface area contributed by atoms with Crippen molar-refractivity contribution in [3.8, 4) is 0 Å². The summed E-state index contributed by atoms with van der Waals surface area (Å²) in [7, 11) is 0. The molecule has 1 aliphatic heterocycles. The average Bonchev–Trinajstić information content (AvgIpc) is 3.09. The van der Waals surface area contributed by atoms with Crippen LogP contribution in [0.3, 0.4) is 0 Å². The fourth-order valence-electron chi connectivity index (χ4n) is 3.55. The molecule has 0 bridgehead atoms. The molecule has 0 spiro atoms. The first kappa shape index (κ1) is 15.3. The molecule has 6 nitrogen and oxygen atoms in total. The average molecular weight is 305 g/mol. The number of nitrogens with one attached hydrogen (secondary N) is 2. The molecule has 122 valence electrons. The lowest BCUT2D eigenvalue weighted by Crippen LogP contribution is -2.45. The first-order chi connectivity index (χ1) is 10.6. The number of aryl methyl sites for hydroxylation is 1. The SMILES string of the molecule is CC(C)[C@@H](NC(=O)NC1CCCCC1)c1nnc2n1CCC2. The molecule has 0 aromatic carbocycles. The lowest BCUT2D eigenvalue weighted by atomic mass is 9.96. The lowest BCUT2D eigenvalue weighted by molar-refractivity contribution is 0.223. The van der Waals surface area contributed by atoms with Crippen molar-refractivity contribution in [3.63, 3.8) is 0 Å². The summed E-state index contributed by atoms with van der Waals surface area (Å²) < 4.78 is 2.17. The molecule has 6 heteroatoms. The van der Waals surface area contributed by atoms with Gasteiger partial charge in [0.1, 0.15) is 5.82 Å². The van der Waals surface area contributed by atoms with Gasteiger partial charge in [0, 0.05) is 19.0 Å². The van der Waals surface area contributed by atoms with Crippen LogP contribution < -0.4 is 10.6 Å². The van der Waals surface area contributed by atoms with Crippen molar-refractivity contribution >= 4 is 6.03 Å². The number of fused-ring (bicyclic) bond motifs is 1. The van der Waals surface area contributed by atoms with Crippen molar-refractivity contribution in [1.82, 2.24) is 25.4 Å². The molecule has 0 unspecified atom stereocenters. The lowest BCUT2D eigenvalue weighted by Gasteiger charge is -2.26. The maximum atomic E-state index is 12.3. The van der Waals surface area contributed by atoms with Crippen LogP contribution in [0, 0.1) is 5.92 Å². The molecule has 1 saturated carbocycles. The largest absolute Gasteiger partial charge is 0.335 e. The Balaban J connectivity index is 1.65. The summed E-state index contributed by atoms with van der Waals surface area (Å²) in [5, 5.41) is 14.8. The second kappa shape index (κ2) is 6.67. The molecule has 2 aliphatic rings. The number of nitrogens with zero attached hydrogens (tertiary/aromatic N) is 3.